The van der Waals surface area contributed by atoms with Crippen molar-refractivity contribution in [2.75, 3.05) is 10.6 Å². The molecule has 5 aromatic rings. The van der Waals surface area contributed by atoms with Crippen molar-refractivity contribution in [1.82, 2.24) is 4.98 Å². The van der Waals surface area contributed by atoms with Crippen molar-refractivity contribution in [3.05, 3.63) is 78.3 Å². The van der Waals surface area contributed by atoms with Gasteiger partial charge in [-0.2, -0.15) is 5.26 Å². The molecule has 0 saturated carbocycles. The van der Waals surface area contributed by atoms with Crippen LogP contribution < -0.4 is 10.6 Å². The van der Waals surface area contributed by atoms with Gasteiger partial charge in [0.25, 0.3) is 0 Å². The van der Waals surface area contributed by atoms with E-state index in [-0.39, 0.29) is 0 Å². The molecule has 168 valence electrons. The third-order valence-corrected chi connectivity index (χ3v) is 4.80. The van der Waals surface area contributed by atoms with E-state index in [0.717, 1.165) is 38.9 Å². The third kappa shape index (κ3) is 4.83. The summed E-state index contributed by atoms with van der Waals surface area (Å²) in [6.45, 7) is 9.89. The van der Waals surface area contributed by atoms with Crippen LogP contribution in [0.3, 0.4) is 0 Å². The molecule has 0 radical (unpaired) electrons. The maximum absolute atomic E-state index is 9.66. The number of para-hydroxylation sites is 2. The lowest BCUT2D eigenvalue weighted by molar-refractivity contribution is 0.617. The first kappa shape index (κ1) is 23.4. The summed E-state index contributed by atoms with van der Waals surface area (Å²) in [7, 11) is 0. The predicted molar refractivity (Wildman–Crippen MR) is 135 cm³/mol. The van der Waals surface area contributed by atoms with E-state index >= 15 is 0 Å². The van der Waals surface area contributed by atoms with Crippen LogP contribution in [0, 0.1) is 18.3 Å². The van der Waals surface area contributed by atoms with Crippen molar-refractivity contribution in [3.63, 3.8) is 0 Å². The van der Waals surface area contributed by atoms with Crippen LogP contribution in [0.1, 0.15) is 38.8 Å². The molecule has 0 aliphatic carbocycles. The van der Waals surface area contributed by atoms with E-state index in [1.807, 2.05) is 89.2 Å². The van der Waals surface area contributed by atoms with E-state index in [4.69, 9.17) is 8.83 Å². The molecule has 0 atom stereocenters. The van der Waals surface area contributed by atoms with Gasteiger partial charge in [0.2, 0.25) is 0 Å². The maximum Gasteiger partial charge on any atom is 0.157 e. The van der Waals surface area contributed by atoms with Crippen molar-refractivity contribution in [2.24, 2.45) is 0 Å². The average Bonchev–Trinajstić information content (AvgIpc) is 3.52. The Hall–Kier alpha value is -4.24. The van der Waals surface area contributed by atoms with E-state index in [9.17, 15) is 5.26 Å². The van der Waals surface area contributed by atoms with E-state index < -0.39 is 0 Å². The van der Waals surface area contributed by atoms with Gasteiger partial charge in [0.05, 0.1) is 29.5 Å². The zero-order chi connectivity index (χ0) is 23.8. The smallest absolute Gasteiger partial charge is 0.157 e. The van der Waals surface area contributed by atoms with E-state index in [0.29, 0.717) is 17.2 Å². The Morgan fingerprint density at radius 2 is 1.33 bits per heavy atom. The second-order valence-corrected chi connectivity index (χ2v) is 6.70. The maximum atomic E-state index is 9.66. The number of nitrogens with zero attached hydrogens (tertiary/aromatic N) is 2. The summed E-state index contributed by atoms with van der Waals surface area (Å²) in [6.07, 6.45) is 3.30. The molecule has 0 saturated heterocycles. The molecule has 33 heavy (non-hydrogen) atoms. The Morgan fingerprint density at radius 3 is 1.88 bits per heavy atom. The molecule has 0 amide bonds. The van der Waals surface area contributed by atoms with Gasteiger partial charge >= 0.3 is 0 Å². The van der Waals surface area contributed by atoms with Crippen LogP contribution >= 0.6 is 0 Å². The topological polar surface area (TPSA) is 87.0 Å². The number of aromatic nitrogens is 1. The highest BCUT2D eigenvalue weighted by molar-refractivity contribution is 5.92. The normalized spacial score (nSPS) is 9.94. The number of nitrogens with one attached hydrogen (secondary N) is 2. The lowest BCUT2D eigenvalue weighted by Gasteiger charge is -2.13. The molecule has 0 aliphatic rings. The van der Waals surface area contributed by atoms with Crippen LogP contribution in [0.5, 0.6) is 0 Å². The lowest BCUT2D eigenvalue weighted by atomic mass is 10.1. The standard InChI is InChI=1S/C23H16N4O2.2C2H6/c1-14-12-20(25-18-6-2-4-15-8-10-28-21(15)18)27-23(17(14)13-24)26-19-7-3-5-16-9-11-29-22(16)19;2*1-2/h2-12H,1H3,(H2,25,26,27);2*1-2H3. The minimum absolute atomic E-state index is 0.463. The zero-order valence-corrected chi connectivity index (χ0v) is 19.6. The van der Waals surface area contributed by atoms with E-state index in [1.165, 1.54) is 0 Å². The van der Waals surface area contributed by atoms with Crippen LogP contribution in [0.4, 0.5) is 23.0 Å². The van der Waals surface area contributed by atoms with E-state index in [1.54, 1.807) is 12.5 Å². The van der Waals surface area contributed by atoms with Crippen LogP contribution in [0.15, 0.2) is 76.0 Å². The molecular formula is C27H28N4O2. The molecule has 0 spiro atoms. The van der Waals surface area contributed by atoms with Gasteiger partial charge in [0.15, 0.2) is 17.0 Å². The Balaban J connectivity index is 0.000000728. The fourth-order valence-corrected chi connectivity index (χ4v) is 3.42. The summed E-state index contributed by atoms with van der Waals surface area (Å²) < 4.78 is 11.2. The quantitative estimate of drug-likeness (QED) is 0.292. The van der Waals surface area contributed by atoms with E-state index in [2.05, 4.69) is 21.7 Å². The fraction of sp³-hybridized carbons (Fsp3) is 0.185. The van der Waals surface area contributed by atoms with Gasteiger partial charge in [0, 0.05) is 10.8 Å². The highest BCUT2D eigenvalue weighted by atomic mass is 16.3. The molecule has 0 aliphatic heterocycles. The summed E-state index contributed by atoms with van der Waals surface area (Å²) >= 11 is 0. The van der Waals surface area contributed by atoms with Crippen molar-refractivity contribution in [1.29, 1.82) is 5.26 Å². The first-order chi connectivity index (χ1) is 16.2. The number of benzene rings is 2. The van der Waals surface area contributed by atoms with Gasteiger partial charge in [-0.1, -0.05) is 52.0 Å². The second-order valence-electron chi connectivity index (χ2n) is 6.70. The molecule has 2 N–H and O–H groups in total. The lowest BCUT2D eigenvalue weighted by Crippen LogP contribution is -2.03. The summed E-state index contributed by atoms with van der Waals surface area (Å²) in [5, 5.41) is 18.2. The number of furan rings is 2. The average molecular weight is 441 g/mol. The summed E-state index contributed by atoms with van der Waals surface area (Å²) in [6, 6.07) is 19.6. The number of rotatable bonds is 4. The van der Waals surface area contributed by atoms with Gasteiger partial charge in [-0.3, -0.25) is 0 Å². The van der Waals surface area contributed by atoms with Crippen molar-refractivity contribution >= 4 is 44.9 Å². The molecule has 3 heterocycles. The minimum Gasteiger partial charge on any atom is -0.462 e. The van der Waals surface area contributed by atoms with Gasteiger partial charge < -0.3 is 19.5 Å². The SMILES string of the molecule is CC.CC.Cc1cc(Nc2cccc3ccoc23)nc(Nc2cccc3ccoc23)c1C#N. The van der Waals surface area contributed by atoms with Crippen LogP contribution in [0.2, 0.25) is 0 Å². The largest absolute Gasteiger partial charge is 0.462 e. The molecule has 5 rings (SSSR count). The van der Waals surface area contributed by atoms with Gasteiger partial charge in [-0.05, 0) is 42.8 Å². The number of pyridine rings is 1. The molecular weight excluding hydrogens is 412 g/mol. The highest BCUT2D eigenvalue weighted by Gasteiger charge is 2.14. The molecule has 2 aromatic carbocycles. The Morgan fingerprint density at radius 1 is 0.788 bits per heavy atom. The predicted octanol–water partition coefficient (Wildman–Crippen LogP) is 8.29. The van der Waals surface area contributed by atoms with Crippen LogP contribution in [0.25, 0.3) is 21.9 Å². The third-order valence-electron chi connectivity index (χ3n) is 4.80. The molecule has 0 unspecified atom stereocenters. The van der Waals surface area contributed by atoms with Crippen molar-refractivity contribution < 1.29 is 8.83 Å². The summed E-state index contributed by atoms with van der Waals surface area (Å²) in [4.78, 5) is 4.65. The molecule has 0 bridgehead atoms. The van der Waals surface area contributed by atoms with Crippen molar-refractivity contribution in [3.8, 4) is 6.07 Å². The number of anilines is 4. The monoisotopic (exact) mass is 440 g/mol. The number of aryl methyl sites for hydroxylation is 1. The summed E-state index contributed by atoms with van der Waals surface area (Å²) in [5.74, 6) is 1.07. The Kier molecular flexibility index (Phi) is 7.72. The van der Waals surface area contributed by atoms with Gasteiger partial charge in [0.1, 0.15) is 11.9 Å². The molecule has 6 nitrogen and oxygen atoms in total. The molecule has 0 fully saturated rings. The van der Waals surface area contributed by atoms with Gasteiger partial charge in [-0.25, -0.2) is 4.98 Å². The zero-order valence-electron chi connectivity index (χ0n) is 19.6. The second kappa shape index (κ2) is 10.9. The number of hydrogen-bond donors (Lipinski definition) is 2. The number of nitriles is 1. The van der Waals surface area contributed by atoms with Crippen molar-refractivity contribution in [2.45, 2.75) is 34.6 Å². The minimum atomic E-state index is 0.463. The molecule has 3 aromatic heterocycles. The Bertz CT molecular complexity index is 1390. The fourth-order valence-electron chi connectivity index (χ4n) is 3.42. The van der Waals surface area contributed by atoms with Crippen LogP contribution in [-0.4, -0.2) is 4.98 Å². The first-order valence-electron chi connectivity index (χ1n) is 11.1. The van der Waals surface area contributed by atoms with Gasteiger partial charge in [-0.15, -0.1) is 0 Å². The molecule has 6 heteroatoms. The first-order valence-corrected chi connectivity index (χ1v) is 11.1. The number of hydrogen-bond acceptors (Lipinski definition) is 6. The highest BCUT2D eigenvalue weighted by Crippen LogP contribution is 2.32. The summed E-state index contributed by atoms with van der Waals surface area (Å²) in [5.41, 5.74) is 4.33. The Labute approximate surface area is 193 Å². The number of fused-ring (bicyclic) bond motifs is 2. The van der Waals surface area contributed by atoms with Crippen LogP contribution in [-0.2, 0) is 0 Å².